The molecule has 0 aliphatic heterocycles. The molecule has 7 nitrogen and oxygen atoms in total. The molecule has 1 heterocycles. The fraction of sp³-hybridized carbons (Fsp3) is 0. The summed E-state index contributed by atoms with van der Waals surface area (Å²) in [5.41, 5.74) is 5.98. The third-order valence-electron chi connectivity index (χ3n) is 2.21. The summed E-state index contributed by atoms with van der Waals surface area (Å²) in [6, 6.07) is 6.07. The van der Waals surface area contributed by atoms with E-state index in [1.807, 2.05) is 0 Å². The summed E-state index contributed by atoms with van der Waals surface area (Å²) < 4.78 is 1.19. The van der Waals surface area contributed by atoms with Crippen LogP contribution in [0.3, 0.4) is 0 Å². The summed E-state index contributed by atoms with van der Waals surface area (Å²) in [6.07, 6.45) is 1.28. The maximum atomic E-state index is 10.8. The molecule has 0 saturated carbocycles. The number of aromatic nitrogens is 2. The summed E-state index contributed by atoms with van der Waals surface area (Å²) in [6.45, 7) is 6.86. The number of nitrogen functional groups attached to an aromatic ring is 1. The Balaban J connectivity index is 2.65. The van der Waals surface area contributed by atoms with Gasteiger partial charge in [-0.1, -0.05) is 12.1 Å². The van der Waals surface area contributed by atoms with Crippen LogP contribution in [0.15, 0.2) is 30.5 Å². The lowest BCUT2D eigenvalue weighted by Crippen LogP contribution is -2.04. The Morgan fingerprint density at radius 1 is 1.47 bits per heavy atom. The van der Waals surface area contributed by atoms with E-state index in [0.29, 0.717) is 0 Å². The van der Waals surface area contributed by atoms with Gasteiger partial charge in [0.15, 0.2) is 0 Å². The Kier molecular flexibility index (Phi) is 2.46. The summed E-state index contributed by atoms with van der Waals surface area (Å²) >= 11 is 0. The van der Waals surface area contributed by atoms with Gasteiger partial charge in [0.2, 0.25) is 5.69 Å². The normalized spacial score (nSPS) is 9.82. The lowest BCUT2D eigenvalue weighted by molar-refractivity contribution is -0.384. The molecule has 0 unspecified atom stereocenters. The summed E-state index contributed by atoms with van der Waals surface area (Å²) in [4.78, 5) is 13.5. The van der Waals surface area contributed by atoms with E-state index in [4.69, 9.17) is 12.3 Å². The molecule has 1 aromatic carbocycles. The van der Waals surface area contributed by atoms with Gasteiger partial charge in [-0.2, -0.15) is 5.10 Å². The number of nitrogens with zero attached hydrogens (tertiary/aromatic N) is 4. The number of nitrogens with two attached hydrogens (primary N) is 1. The summed E-state index contributed by atoms with van der Waals surface area (Å²) in [7, 11) is 0. The van der Waals surface area contributed by atoms with Crippen LogP contribution in [-0.4, -0.2) is 14.7 Å². The summed E-state index contributed by atoms with van der Waals surface area (Å²) in [5, 5.41) is 14.7. The van der Waals surface area contributed by atoms with E-state index in [2.05, 4.69) is 9.94 Å². The Hall–Kier alpha value is -2.88. The van der Waals surface area contributed by atoms with Crippen LogP contribution in [0.5, 0.6) is 0 Å². The van der Waals surface area contributed by atoms with Crippen LogP contribution >= 0.6 is 0 Å². The quantitative estimate of drug-likeness (QED) is 0.483. The molecular weight excluding hydrogens is 222 g/mol. The Labute approximate surface area is 96.1 Å². The van der Waals surface area contributed by atoms with Crippen molar-refractivity contribution in [3.8, 4) is 5.69 Å². The summed E-state index contributed by atoms with van der Waals surface area (Å²) in [5.74, 6) is 0.0919. The van der Waals surface area contributed by atoms with Gasteiger partial charge in [-0.15, -0.1) is 0 Å². The molecule has 0 amide bonds. The van der Waals surface area contributed by atoms with Crippen molar-refractivity contribution in [3.63, 3.8) is 0 Å². The molecule has 0 bridgehead atoms. The van der Waals surface area contributed by atoms with Gasteiger partial charge in [0.25, 0.3) is 5.69 Å². The first kappa shape index (κ1) is 10.6. The fourth-order valence-electron chi connectivity index (χ4n) is 1.43. The number of nitro groups is 1. The number of benzene rings is 1. The number of anilines is 1. The van der Waals surface area contributed by atoms with Gasteiger partial charge >= 0.3 is 0 Å². The zero-order chi connectivity index (χ0) is 12.4. The fourth-order valence-corrected chi connectivity index (χ4v) is 1.43. The highest BCUT2D eigenvalue weighted by molar-refractivity contribution is 5.67. The van der Waals surface area contributed by atoms with Crippen LogP contribution in [0, 0.1) is 16.7 Å². The monoisotopic (exact) mass is 229 g/mol. The van der Waals surface area contributed by atoms with Crippen LogP contribution < -0.4 is 5.73 Å². The average molecular weight is 229 g/mol. The minimum absolute atomic E-state index is 0.0919. The highest BCUT2D eigenvalue weighted by Crippen LogP contribution is 2.28. The number of hydrogen-bond acceptors (Lipinski definition) is 4. The lowest BCUT2D eigenvalue weighted by atomic mass is 10.3. The van der Waals surface area contributed by atoms with Crippen molar-refractivity contribution >= 4 is 17.2 Å². The van der Waals surface area contributed by atoms with Gasteiger partial charge in [-0.3, -0.25) is 10.1 Å². The van der Waals surface area contributed by atoms with Gasteiger partial charge < -0.3 is 5.73 Å². The molecular formula is C10H7N5O2. The van der Waals surface area contributed by atoms with Gasteiger partial charge in [0, 0.05) is 6.07 Å². The van der Waals surface area contributed by atoms with Crippen LogP contribution in [0.4, 0.5) is 17.2 Å². The van der Waals surface area contributed by atoms with Crippen molar-refractivity contribution in [1.82, 2.24) is 9.78 Å². The molecule has 7 heteroatoms. The second-order valence-corrected chi connectivity index (χ2v) is 3.18. The number of rotatable bonds is 2. The second-order valence-electron chi connectivity index (χ2n) is 3.18. The van der Waals surface area contributed by atoms with Gasteiger partial charge in [0.05, 0.1) is 17.7 Å². The SMILES string of the molecule is [C-]#[N+]c1cnn(-c2ccccc2[N+](=O)[O-])c1N. The van der Waals surface area contributed by atoms with E-state index in [0.717, 1.165) is 0 Å². The van der Waals surface area contributed by atoms with E-state index in [9.17, 15) is 10.1 Å². The third-order valence-corrected chi connectivity index (χ3v) is 2.21. The maximum absolute atomic E-state index is 10.8. The molecule has 0 fully saturated rings. The van der Waals surface area contributed by atoms with E-state index in [-0.39, 0.29) is 22.9 Å². The van der Waals surface area contributed by atoms with E-state index in [1.165, 1.54) is 23.0 Å². The van der Waals surface area contributed by atoms with Gasteiger partial charge in [-0.25, -0.2) is 9.53 Å². The van der Waals surface area contributed by atoms with Crippen LogP contribution in [-0.2, 0) is 0 Å². The van der Waals surface area contributed by atoms with Gasteiger partial charge in [0.1, 0.15) is 11.5 Å². The highest BCUT2D eigenvalue weighted by Gasteiger charge is 2.18. The van der Waals surface area contributed by atoms with Crippen LogP contribution in [0.2, 0.25) is 0 Å². The molecule has 2 N–H and O–H groups in total. The number of nitro benzene ring substituents is 1. The average Bonchev–Trinajstić information content (AvgIpc) is 2.70. The molecule has 0 atom stereocenters. The van der Waals surface area contributed by atoms with Crippen molar-refractivity contribution in [2.24, 2.45) is 0 Å². The molecule has 17 heavy (non-hydrogen) atoms. The second kappa shape index (κ2) is 3.94. The largest absolute Gasteiger partial charge is 0.392 e. The molecule has 84 valence electrons. The predicted octanol–water partition coefficient (Wildman–Crippen LogP) is 1.91. The molecule has 0 radical (unpaired) electrons. The molecule has 1 aromatic heterocycles. The molecule has 2 aromatic rings. The molecule has 0 aliphatic carbocycles. The lowest BCUT2D eigenvalue weighted by Gasteiger charge is -2.04. The first-order valence-corrected chi connectivity index (χ1v) is 4.60. The van der Waals surface area contributed by atoms with Crippen molar-refractivity contribution in [1.29, 1.82) is 0 Å². The molecule has 0 aliphatic rings. The Bertz CT molecular complexity index is 626. The molecule has 0 saturated heterocycles. The number of hydrogen-bond donors (Lipinski definition) is 1. The first-order valence-electron chi connectivity index (χ1n) is 4.60. The predicted molar refractivity (Wildman–Crippen MR) is 60.9 cm³/mol. The van der Waals surface area contributed by atoms with Crippen molar-refractivity contribution in [2.45, 2.75) is 0 Å². The smallest absolute Gasteiger partial charge is 0.294 e. The first-order chi connectivity index (χ1) is 8.15. The van der Waals surface area contributed by atoms with Crippen molar-refractivity contribution in [2.75, 3.05) is 5.73 Å². The molecule has 0 spiro atoms. The highest BCUT2D eigenvalue weighted by atomic mass is 16.6. The van der Waals surface area contributed by atoms with E-state index in [1.54, 1.807) is 12.1 Å². The molecule has 2 rings (SSSR count). The van der Waals surface area contributed by atoms with Gasteiger partial charge in [-0.05, 0) is 6.07 Å². The van der Waals surface area contributed by atoms with Crippen LogP contribution in [0.25, 0.3) is 10.5 Å². The maximum Gasteiger partial charge on any atom is 0.294 e. The zero-order valence-corrected chi connectivity index (χ0v) is 8.57. The Morgan fingerprint density at radius 3 is 2.76 bits per heavy atom. The standard InChI is InChI=1S/C10H7N5O2/c1-12-7-6-13-14(10(7)11)8-4-2-3-5-9(8)15(16)17/h2-6H,11H2. The van der Waals surface area contributed by atoms with Crippen molar-refractivity contribution < 1.29 is 4.92 Å². The number of para-hydroxylation sites is 2. The zero-order valence-electron chi connectivity index (χ0n) is 8.57. The minimum atomic E-state index is -0.520. The minimum Gasteiger partial charge on any atom is -0.392 e. The van der Waals surface area contributed by atoms with Crippen molar-refractivity contribution in [3.05, 3.63) is 52.0 Å². The third kappa shape index (κ3) is 1.68. The topological polar surface area (TPSA) is 91.3 Å². The Morgan fingerprint density at radius 2 is 2.18 bits per heavy atom. The van der Waals surface area contributed by atoms with E-state index < -0.39 is 4.92 Å². The van der Waals surface area contributed by atoms with E-state index >= 15 is 0 Å². The van der Waals surface area contributed by atoms with Crippen LogP contribution in [0.1, 0.15) is 0 Å².